The number of rotatable bonds is 5. The Morgan fingerprint density at radius 1 is 1.12 bits per heavy atom. The summed E-state index contributed by atoms with van der Waals surface area (Å²) in [5.41, 5.74) is 3.35. The topological polar surface area (TPSA) is 58.6 Å². The summed E-state index contributed by atoms with van der Waals surface area (Å²) in [5, 5.41) is 0. The van der Waals surface area contributed by atoms with Gasteiger partial charge in [-0.3, -0.25) is 4.72 Å². The summed E-state index contributed by atoms with van der Waals surface area (Å²) in [5.74, 6) is -0.0298. The summed E-state index contributed by atoms with van der Waals surface area (Å²) < 4.78 is 33.2. The first kappa shape index (κ1) is 18.7. The molecule has 1 fully saturated rings. The maximum absolute atomic E-state index is 12.5. The standard InChI is InChI=1S/C20H26N2O3S/c1-16-6-4-5-7-17(16)14-26(23,24)21-18-8-10-19(11-9-18)22-12-13-25-15-20(22,2)3/h4-11,21H,12-15H2,1-3H3. The molecule has 1 heterocycles. The lowest BCUT2D eigenvalue weighted by Crippen LogP contribution is -2.53. The molecule has 0 spiro atoms. The Balaban J connectivity index is 1.72. The van der Waals surface area contributed by atoms with Crippen molar-refractivity contribution in [2.24, 2.45) is 0 Å². The maximum Gasteiger partial charge on any atom is 0.236 e. The highest BCUT2D eigenvalue weighted by atomic mass is 32.2. The largest absolute Gasteiger partial charge is 0.377 e. The predicted octanol–water partition coefficient (Wildman–Crippen LogP) is 3.55. The average molecular weight is 375 g/mol. The minimum atomic E-state index is -3.45. The number of nitrogens with one attached hydrogen (secondary N) is 1. The highest BCUT2D eigenvalue weighted by Gasteiger charge is 2.30. The van der Waals surface area contributed by atoms with E-state index in [-0.39, 0.29) is 11.3 Å². The fraction of sp³-hybridized carbons (Fsp3) is 0.400. The van der Waals surface area contributed by atoms with Crippen LogP contribution in [0.15, 0.2) is 48.5 Å². The molecule has 0 aliphatic carbocycles. The lowest BCUT2D eigenvalue weighted by molar-refractivity contribution is 0.0644. The van der Waals surface area contributed by atoms with Crippen LogP contribution in [0.25, 0.3) is 0 Å². The first-order valence-corrected chi connectivity index (χ1v) is 10.4. The monoisotopic (exact) mass is 374 g/mol. The van der Waals surface area contributed by atoms with E-state index in [0.717, 1.165) is 23.4 Å². The number of benzene rings is 2. The Hall–Kier alpha value is -2.05. The van der Waals surface area contributed by atoms with Gasteiger partial charge in [0.15, 0.2) is 0 Å². The number of nitrogens with zero attached hydrogens (tertiary/aromatic N) is 1. The van der Waals surface area contributed by atoms with E-state index in [1.165, 1.54) is 0 Å². The Labute approximate surface area is 156 Å². The van der Waals surface area contributed by atoms with E-state index >= 15 is 0 Å². The summed E-state index contributed by atoms with van der Waals surface area (Å²) in [7, 11) is -3.45. The Morgan fingerprint density at radius 3 is 2.46 bits per heavy atom. The van der Waals surface area contributed by atoms with Crippen molar-refractivity contribution < 1.29 is 13.2 Å². The van der Waals surface area contributed by atoms with Crippen LogP contribution in [-0.2, 0) is 20.5 Å². The number of morpholine rings is 1. The van der Waals surface area contributed by atoms with Crippen LogP contribution in [-0.4, -0.2) is 33.7 Å². The van der Waals surface area contributed by atoms with Gasteiger partial charge >= 0.3 is 0 Å². The molecule has 1 saturated heterocycles. The second kappa shape index (κ2) is 7.29. The number of sulfonamides is 1. The van der Waals surface area contributed by atoms with Crippen molar-refractivity contribution >= 4 is 21.4 Å². The first-order chi connectivity index (χ1) is 12.3. The second-order valence-electron chi connectivity index (χ2n) is 7.35. The van der Waals surface area contributed by atoms with E-state index in [2.05, 4.69) is 23.5 Å². The molecule has 2 aromatic carbocycles. The molecule has 0 saturated carbocycles. The van der Waals surface area contributed by atoms with Crippen molar-refractivity contribution in [1.29, 1.82) is 0 Å². The summed E-state index contributed by atoms with van der Waals surface area (Å²) in [6.45, 7) is 8.41. The van der Waals surface area contributed by atoms with Gasteiger partial charge in [-0.1, -0.05) is 24.3 Å². The van der Waals surface area contributed by atoms with Crippen LogP contribution in [0.3, 0.4) is 0 Å². The molecule has 0 amide bonds. The Morgan fingerprint density at radius 2 is 1.81 bits per heavy atom. The maximum atomic E-state index is 12.5. The van der Waals surface area contributed by atoms with E-state index in [1.54, 1.807) is 0 Å². The van der Waals surface area contributed by atoms with E-state index in [1.807, 2.05) is 55.5 Å². The Bertz CT molecular complexity index is 861. The fourth-order valence-electron chi connectivity index (χ4n) is 3.24. The van der Waals surface area contributed by atoms with Crippen LogP contribution in [0, 0.1) is 6.92 Å². The van der Waals surface area contributed by atoms with Crippen LogP contribution in [0.5, 0.6) is 0 Å². The van der Waals surface area contributed by atoms with Gasteiger partial charge in [0, 0.05) is 17.9 Å². The molecule has 1 aliphatic heterocycles. The third-order valence-corrected chi connectivity index (χ3v) is 5.94. The van der Waals surface area contributed by atoms with Gasteiger partial charge in [-0.15, -0.1) is 0 Å². The van der Waals surface area contributed by atoms with E-state index in [4.69, 9.17) is 4.74 Å². The number of hydrogen-bond donors (Lipinski definition) is 1. The van der Waals surface area contributed by atoms with Gasteiger partial charge in [0.2, 0.25) is 10.0 Å². The predicted molar refractivity (Wildman–Crippen MR) is 106 cm³/mol. The third kappa shape index (κ3) is 4.37. The van der Waals surface area contributed by atoms with E-state index in [0.29, 0.717) is 18.9 Å². The van der Waals surface area contributed by atoms with E-state index in [9.17, 15) is 8.42 Å². The van der Waals surface area contributed by atoms with E-state index < -0.39 is 10.0 Å². The number of anilines is 2. The minimum Gasteiger partial charge on any atom is -0.377 e. The van der Waals surface area contributed by atoms with Gasteiger partial charge in [-0.2, -0.15) is 0 Å². The number of ether oxygens (including phenoxy) is 1. The van der Waals surface area contributed by atoms with Gasteiger partial charge in [-0.25, -0.2) is 8.42 Å². The van der Waals surface area contributed by atoms with Crippen molar-refractivity contribution in [3.8, 4) is 0 Å². The molecule has 0 atom stereocenters. The average Bonchev–Trinajstić information content (AvgIpc) is 2.57. The molecule has 1 aliphatic rings. The first-order valence-electron chi connectivity index (χ1n) is 8.77. The van der Waals surface area contributed by atoms with Crippen LogP contribution in [0.2, 0.25) is 0 Å². The zero-order valence-corrected chi connectivity index (χ0v) is 16.3. The normalized spacial score (nSPS) is 17.1. The molecule has 0 aromatic heterocycles. The van der Waals surface area contributed by atoms with Gasteiger partial charge in [0.05, 0.1) is 24.5 Å². The second-order valence-corrected chi connectivity index (χ2v) is 9.07. The smallest absolute Gasteiger partial charge is 0.236 e. The van der Waals surface area contributed by atoms with Gasteiger partial charge in [-0.05, 0) is 56.2 Å². The molecule has 140 valence electrons. The summed E-state index contributed by atoms with van der Waals surface area (Å²) in [4.78, 5) is 2.29. The molecule has 1 N–H and O–H groups in total. The SMILES string of the molecule is Cc1ccccc1CS(=O)(=O)Nc1ccc(N2CCOCC2(C)C)cc1. The molecule has 6 heteroatoms. The van der Waals surface area contributed by atoms with Crippen molar-refractivity contribution in [3.05, 3.63) is 59.7 Å². The molecular formula is C20H26N2O3S. The van der Waals surface area contributed by atoms with Crippen molar-refractivity contribution in [2.45, 2.75) is 32.1 Å². The summed E-state index contributed by atoms with van der Waals surface area (Å²) in [6.07, 6.45) is 0. The molecule has 0 unspecified atom stereocenters. The highest BCUT2D eigenvalue weighted by molar-refractivity contribution is 7.91. The van der Waals surface area contributed by atoms with Crippen LogP contribution in [0.4, 0.5) is 11.4 Å². The summed E-state index contributed by atoms with van der Waals surface area (Å²) >= 11 is 0. The van der Waals surface area contributed by atoms with Crippen LogP contribution >= 0.6 is 0 Å². The van der Waals surface area contributed by atoms with Gasteiger partial charge in [0.1, 0.15) is 0 Å². The molecule has 3 rings (SSSR count). The third-order valence-electron chi connectivity index (χ3n) is 4.70. The Kier molecular flexibility index (Phi) is 5.25. The zero-order valence-electron chi connectivity index (χ0n) is 15.5. The molecule has 26 heavy (non-hydrogen) atoms. The number of aryl methyl sites for hydroxylation is 1. The lowest BCUT2D eigenvalue weighted by atomic mass is 10.0. The van der Waals surface area contributed by atoms with Gasteiger partial charge in [0.25, 0.3) is 0 Å². The van der Waals surface area contributed by atoms with Crippen LogP contribution < -0.4 is 9.62 Å². The van der Waals surface area contributed by atoms with Gasteiger partial charge < -0.3 is 9.64 Å². The number of hydrogen-bond acceptors (Lipinski definition) is 4. The van der Waals surface area contributed by atoms with Crippen molar-refractivity contribution in [1.82, 2.24) is 0 Å². The minimum absolute atomic E-state index is 0.0298. The molecule has 0 bridgehead atoms. The zero-order chi connectivity index (χ0) is 18.8. The highest BCUT2D eigenvalue weighted by Crippen LogP contribution is 2.28. The molecule has 2 aromatic rings. The van der Waals surface area contributed by atoms with Crippen LogP contribution in [0.1, 0.15) is 25.0 Å². The van der Waals surface area contributed by atoms with Crippen molar-refractivity contribution in [2.75, 3.05) is 29.4 Å². The molecular weight excluding hydrogens is 348 g/mol. The fourth-order valence-corrected chi connectivity index (χ4v) is 4.54. The lowest BCUT2D eigenvalue weighted by Gasteiger charge is -2.43. The molecule has 0 radical (unpaired) electrons. The molecule has 5 nitrogen and oxygen atoms in total. The van der Waals surface area contributed by atoms with Crippen molar-refractivity contribution in [3.63, 3.8) is 0 Å². The quantitative estimate of drug-likeness (QED) is 0.869. The summed E-state index contributed by atoms with van der Waals surface area (Å²) in [6, 6.07) is 15.1.